The number of alkyl halides is 3. The van der Waals surface area contributed by atoms with Crippen molar-refractivity contribution in [1.29, 1.82) is 0 Å². The molecule has 0 amide bonds. The van der Waals surface area contributed by atoms with E-state index >= 15 is 0 Å². The van der Waals surface area contributed by atoms with E-state index in [1.165, 1.54) is 18.3 Å². The Morgan fingerprint density at radius 1 is 1.18 bits per heavy atom. The van der Waals surface area contributed by atoms with Gasteiger partial charge in [-0.2, -0.15) is 13.2 Å². The van der Waals surface area contributed by atoms with Gasteiger partial charge in [-0.3, -0.25) is 4.98 Å². The first-order chi connectivity index (χ1) is 7.93. The van der Waals surface area contributed by atoms with E-state index in [-0.39, 0.29) is 5.56 Å². The van der Waals surface area contributed by atoms with E-state index in [4.69, 9.17) is 5.73 Å². The van der Waals surface area contributed by atoms with Crippen molar-refractivity contribution in [3.8, 4) is 0 Å². The number of aromatic nitrogens is 1. The number of nitrogens with zero attached hydrogens (tertiary/aromatic N) is 1. The molecule has 1 aliphatic rings. The molecular weight excluding hydrogens is 229 g/mol. The van der Waals surface area contributed by atoms with Crippen LogP contribution in [0.15, 0.2) is 18.3 Å². The molecule has 0 atom stereocenters. The highest BCUT2D eigenvalue weighted by atomic mass is 19.4. The monoisotopic (exact) mass is 244 g/mol. The van der Waals surface area contributed by atoms with Gasteiger partial charge < -0.3 is 5.73 Å². The quantitative estimate of drug-likeness (QED) is 0.823. The summed E-state index contributed by atoms with van der Waals surface area (Å²) < 4.78 is 38.6. The molecule has 94 valence electrons. The lowest BCUT2D eigenvalue weighted by Gasteiger charge is -2.35. The van der Waals surface area contributed by atoms with Gasteiger partial charge in [0, 0.05) is 17.3 Å². The lowest BCUT2D eigenvalue weighted by molar-refractivity contribution is -0.142. The Morgan fingerprint density at radius 3 is 2.41 bits per heavy atom. The number of nitrogens with two attached hydrogens (primary N) is 1. The molecule has 0 aromatic carbocycles. The summed E-state index contributed by atoms with van der Waals surface area (Å²) in [5, 5.41) is 0. The molecule has 0 bridgehead atoms. The van der Waals surface area contributed by atoms with Crippen molar-refractivity contribution < 1.29 is 13.2 Å². The summed E-state index contributed by atoms with van der Waals surface area (Å²) in [6, 6.07) is 2.98. The third-order valence-corrected chi connectivity index (χ3v) is 3.36. The lowest BCUT2D eigenvalue weighted by Crippen LogP contribution is -2.40. The Morgan fingerprint density at radius 2 is 1.82 bits per heavy atom. The summed E-state index contributed by atoms with van der Waals surface area (Å²) in [6.45, 7) is 0. The summed E-state index contributed by atoms with van der Waals surface area (Å²) in [5.41, 5.74) is 4.59. The first kappa shape index (κ1) is 12.4. The molecule has 1 fully saturated rings. The highest BCUT2D eigenvalue weighted by Gasteiger charge is 2.41. The Kier molecular flexibility index (Phi) is 3.12. The average molecular weight is 244 g/mol. The van der Waals surface area contributed by atoms with Crippen molar-refractivity contribution in [1.82, 2.24) is 4.98 Å². The maximum absolute atomic E-state index is 12.9. The Hall–Kier alpha value is -1.10. The van der Waals surface area contributed by atoms with Crippen LogP contribution in [0.1, 0.15) is 43.4 Å². The van der Waals surface area contributed by atoms with Crippen LogP contribution in [-0.2, 0) is 11.7 Å². The summed E-state index contributed by atoms with van der Waals surface area (Å²) in [6.07, 6.45) is 0.731. The zero-order valence-electron chi connectivity index (χ0n) is 9.43. The minimum Gasteiger partial charge on any atom is -0.321 e. The molecular formula is C12H15F3N2. The summed E-state index contributed by atoms with van der Waals surface area (Å²) in [5.74, 6) is 0. The van der Waals surface area contributed by atoms with E-state index in [9.17, 15) is 13.2 Å². The van der Waals surface area contributed by atoms with Crippen molar-refractivity contribution in [2.45, 2.75) is 43.8 Å². The highest BCUT2D eigenvalue weighted by Crippen LogP contribution is 2.40. The molecule has 1 aromatic rings. The highest BCUT2D eigenvalue weighted by molar-refractivity contribution is 5.30. The van der Waals surface area contributed by atoms with Crippen LogP contribution >= 0.6 is 0 Å². The van der Waals surface area contributed by atoms with E-state index in [2.05, 4.69) is 4.98 Å². The lowest BCUT2D eigenvalue weighted by atomic mass is 9.77. The molecule has 2 rings (SSSR count). The molecule has 0 aliphatic heterocycles. The number of hydrogen-bond acceptors (Lipinski definition) is 2. The van der Waals surface area contributed by atoms with Gasteiger partial charge in [-0.25, -0.2) is 0 Å². The molecule has 1 aliphatic carbocycles. The van der Waals surface area contributed by atoms with Crippen molar-refractivity contribution >= 4 is 0 Å². The van der Waals surface area contributed by atoms with Crippen LogP contribution in [0, 0.1) is 0 Å². The second-order valence-electron chi connectivity index (χ2n) is 4.61. The number of pyridine rings is 1. The molecule has 1 aromatic heterocycles. The van der Waals surface area contributed by atoms with Crippen LogP contribution in [0.5, 0.6) is 0 Å². The standard InChI is InChI=1S/C12H15F3N2/c13-12(14,15)10-9(5-4-8-17-10)11(16)6-2-1-3-7-11/h4-5,8H,1-3,6-7,16H2. The van der Waals surface area contributed by atoms with Crippen LogP contribution < -0.4 is 5.73 Å². The number of halogens is 3. The van der Waals surface area contributed by atoms with E-state index in [0.29, 0.717) is 12.8 Å². The summed E-state index contributed by atoms with van der Waals surface area (Å²) in [7, 11) is 0. The van der Waals surface area contributed by atoms with Crippen molar-refractivity contribution in [2.24, 2.45) is 5.73 Å². The second kappa shape index (κ2) is 4.29. The molecule has 0 saturated heterocycles. The van der Waals surface area contributed by atoms with Gasteiger partial charge in [0.05, 0.1) is 0 Å². The molecule has 17 heavy (non-hydrogen) atoms. The molecule has 1 heterocycles. The van der Waals surface area contributed by atoms with E-state index in [1.807, 2.05) is 0 Å². The minimum atomic E-state index is -4.43. The first-order valence-corrected chi connectivity index (χ1v) is 5.75. The summed E-state index contributed by atoms with van der Waals surface area (Å²) >= 11 is 0. The predicted octanol–water partition coefficient (Wildman–Crippen LogP) is 3.22. The van der Waals surface area contributed by atoms with Gasteiger partial charge in [0.1, 0.15) is 5.69 Å². The van der Waals surface area contributed by atoms with Crippen LogP contribution in [0.2, 0.25) is 0 Å². The SMILES string of the molecule is NC1(c2cccnc2C(F)(F)F)CCCCC1. The average Bonchev–Trinajstić information content (AvgIpc) is 2.29. The third-order valence-electron chi connectivity index (χ3n) is 3.36. The van der Waals surface area contributed by atoms with Crippen LogP contribution in [0.25, 0.3) is 0 Å². The van der Waals surface area contributed by atoms with Gasteiger partial charge in [-0.05, 0) is 18.9 Å². The first-order valence-electron chi connectivity index (χ1n) is 5.75. The Balaban J connectivity index is 2.44. The van der Waals surface area contributed by atoms with Gasteiger partial charge in [-0.15, -0.1) is 0 Å². The number of hydrogen-bond donors (Lipinski definition) is 1. The molecule has 1 saturated carbocycles. The fraction of sp³-hybridized carbons (Fsp3) is 0.583. The van der Waals surface area contributed by atoms with E-state index in [1.54, 1.807) is 0 Å². The normalized spacial score (nSPS) is 20.2. The topological polar surface area (TPSA) is 38.9 Å². The smallest absolute Gasteiger partial charge is 0.321 e. The maximum Gasteiger partial charge on any atom is 0.433 e. The van der Waals surface area contributed by atoms with Crippen LogP contribution in [-0.4, -0.2) is 4.98 Å². The zero-order valence-corrected chi connectivity index (χ0v) is 9.43. The molecule has 2 N–H and O–H groups in total. The molecule has 0 radical (unpaired) electrons. The van der Waals surface area contributed by atoms with Gasteiger partial charge in [0.25, 0.3) is 0 Å². The van der Waals surface area contributed by atoms with Crippen molar-refractivity contribution in [3.05, 3.63) is 29.6 Å². The fourth-order valence-corrected chi connectivity index (χ4v) is 2.48. The third kappa shape index (κ3) is 2.44. The molecule has 2 nitrogen and oxygen atoms in total. The van der Waals surface area contributed by atoms with Gasteiger partial charge in [0.2, 0.25) is 0 Å². The number of rotatable bonds is 1. The van der Waals surface area contributed by atoms with Gasteiger partial charge >= 0.3 is 6.18 Å². The summed E-state index contributed by atoms with van der Waals surface area (Å²) in [4.78, 5) is 3.47. The Labute approximate surface area is 98.0 Å². The zero-order chi connectivity index (χ0) is 12.5. The van der Waals surface area contributed by atoms with Crippen molar-refractivity contribution in [2.75, 3.05) is 0 Å². The molecule has 0 spiro atoms. The second-order valence-corrected chi connectivity index (χ2v) is 4.61. The van der Waals surface area contributed by atoms with E-state index < -0.39 is 17.4 Å². The van der Waals surface area contributed by atoms with Gasteiger partial charge in [0.15, 0.2) is 0 Å². The van der Waals surface area contributed by atoms with Crippen molar-refractivity contribution in [3.63, 3.8) is 0 Å². The largest absolute Gasteiger partial charge is 0.433 e. The minimum absolute atomic E-state index is 0.146. The Bertz CT molecular complexity index is 395. The molecule has 5 heteroatoms. The van der Waals surface area contributed by atoms with Crippen LogP contribution in [0.4, 0.5) is 13.2 Å². The molecule has 0 unspecified atom stereocenters. The van der Waals surface area contributed by atoms with Gasteiger partial charge in [-0.1, -0.05) is 25.3 Å². The maximum atomic E-state index is 12.9. The predicted molar refractivity (Wildman–Crippen MR) is 58.2 cm³/mol. The fourth-order valence-electron chi connectivity index (χ4n) is 2.48. The van der Waals surface area contributed by atoms with Crippen LogP contribution in [0.3, 0.4) is 0 Å². The van der Waals surface area contributed by atoms with E-state index in [0.717, 1.165) is 19.3 Å².